The second-order valence-corrected chi connectivity index (χ2v) is 3.78. The minimum absolute atomic E-state index is 0.223. The fourth-order valence-corrected chi connectivity index (χ4v) is 1.86. The van der Waals surface area contributed by atoms with Crippen molar-refractivity contribution in [2.45, 2.75) is 0 Å². The summed E-state index contributed by atoms with van der Waals surface area (Å²) < 4.78 is 13.1. The first-order valence-corrected chi connectivity index (χ1v) is 5.17. The molecule has 78 valence electrons. The van der Waals surface area contributed by atoms with Crippen LogP contribution in [0.2, 0.25) is 0 Å². The molecule has 0 atom stereocenters. The molecule has 1 aliphatic heterocycles. The molecule has 1 aliphatic rings. The molecule has 2 heteroatoms. The highest BCUT2D eigenvalue weighted by Crippen LogP contribution is 2.30. The molecule has 0 aromatic heterocycles. The van der Waals surface area contributed by atoms with Crippen LogP contribution in [0.15, 0.2) is 42.5 Å². The maximum Gasteiger partial charge on any atom is 0.125 e. The van der Waals surface area contributed by atoms with Crippen molar-refractivity contribution in [3.63, 3.8) is 0 Å². The van der Waals surface area contributed by atoms with Crippen LogP contribution < -0.4 is 5.32 Å². The van der Waals surface area contributed by atoms with Crippen molar-refractivity contribution in [3.05, 3.63) is 59.4 Å². The number of rotatable bonds is 0. The summed E-state index contributed by atoms with van der Waals surface area (Å²) in [6.07, 6.45) is 4.03. The number of hydrogen-bond acceptors (Lipinski definition) is 1. The summed E-state index contributed by atoms with van der Waals surface area (Å²) in [5.74, 6) is -0.223. The Morgan fingerprint density at radius 1 is 0.812 bits per heavy atom. The van der Waals surface area contributed by atoms with Crippen molar-refractivity contribution in [2.75, 3.05) is 5.32 Å². The van der Waals surface area contributed by atoms with Crippen molar-refractivity contribution < 1.29 is 4.39 Å². The third kappa shape index (κ3) is 1.48. The van der Waals surface area contributed by atoms with E-state index < -0.39 is 0 Å². The zero-order chi connectivity index (χ0) is 11.0. The average molecular weight is 211 g/mol. The van der Waals surface area contributed by atoms with Crippen molar-refractivity contribution in [1.82, 2.24) is 0 Å². The summed E-state index contributed by atoms with van der Waals surface area (Å²) in [6, 6.07) is 12.7. The Morgan fingerprint density at radius 2 is 1.56 bits per heavy atom. The van der Waals surface area contributed by atoms with E-state index in [1.165, 1.54) is 12.1 Å². The highest BCUT2D eigenvalue weighted by molar-refractivity contribution is 5.87. The van der Waals surface area contributed by atoms with Crippen molar-refractivity contribution >= 4 is 23.5 Å². The van der Waals surface area contributed by atoms with Crippen molar-refractivity contribution in [2.24, 2.45) is 0 Å². The van der Waals surface area contributed by atoms with Gasteiger partial charge in [0.05, 0.1) is 0 Å². The van der Waals surface area contributed by atoms with Gasteiger partial charge in [-0.15, -0.1) is 0 Å². The Bertz CT molecular complexity index is 573. The summed E-state index contributed by atoms with van der Waals surface area (Å²) >= 11 is 0. The highest BCUT2D eigenvalue weighted by atomic mass is 19.1. The van der Waals surface area contributed by atoms with E-state index in [0.717, 1.165) is 22.5 Å². The van der Waals surface area contributed by atoms with E-state index in [2.05, 4.69) is 5.32 Å². The summed E-state index contributed by atoms with van der Waals surface area (Å²) in [7, 11) is 0. The summed E-state index contributed by atoms with van der Waals surface area (Å²) in [5.41, 5.74) is 3.92. The number of fused-ring (bicyclic) bond motifs is 2. The van der Waals surface area contributed by atoms with Gasteiger partial charge in [-0.05, 0) is 35.4 Å². The molecule has 0 bridgehead atoms. The van der Waals surface area contributed by atoms with Crippen LogP contribution in [0, 0.1) is 5.82 Å². The molecule has 16 heavy (non-hydrogen) atoms. The van der Waals surface area contributed by atoms with E-state index in [1.807, 2.05) is 36.4 Å². The van der Waals surface area contributed by atoms with Gasteiger partial charge in [0, 0.05) is 11.4 Å². The van der Waals surface area contributed by atoms with Crippen molar-refractivity contribution in [3.8, 4) is 0 Å². The minimum atomic E-state index is -0.223. The van der Waals surface area contributed by atoms with Gasteiger partial charge in [0.15, 0.2) is 0 Å². The molecule has 2 aromatic rings. The maximum absolute atomic E-state index is 13.1. The Hall–Kier alpha value is -2.09. The standard InChI is InChI=1S/C14H10FN/c15-12-8-7-11-6-5-10-3-1-2-4-13(10)16-14(11)9-12/h1-9,16H. The fraction of sp³-hybridized carbons (Fsp3) is 0. The molecular weight excluding hydrogens is 201 g/mol. The molecule has 1 nitrogen and oxygen atoms in total. The molecule has 0 saturated heterocycles. The van der Waals surface area contributed by atoms with E-state index in [0.29, 0.717) is 0 Å². The van der Waals surface area contributed by atoms with Gasteiger partial charge in [-0.1, -0.05) is 30.4 Å². The Balaban J connectivity index is 2.18. The van der Waals surface area contributed by atoms with Crippen LogP contribution in [-0.4, -0.2) is 0 Å². The maximum atomic E-state index is 13.1. The second-order valence-electron chi connectivity index (χ2n) is 3.78. The zero-order valence-corrected chi connectivity index (χ0v) is 8.57. The molecule has 1 heterocycles. The van der Waals surface area contributed by atoms with Crippen LogP contribution in [0.5, 0.6) is 0 Å². The fourth-order valence-electron chi connectivity index (χ4n) is 1.86. The first-order chi connectivity index (χ1) is 7.83. The smallest absolute Gasteiger partial charge is 0.125 e. The van der Waals surface area contributed by atoms with Crippen molar-refractivity contribution in [1.29, 1.82) is 0 Å². The molecule has 0 spiro atoms. The molecule has 2 aromatic carbocycles. The normalized spacial score (nSPS) is 12.3. The second kappa shape index (κ2) is 3.49. The molecule has 0 radical (unpaired) electrons. The largest absolute Gasteiger partial charge is 0.354 e. The predicted molar refractivity (Wildman–Crippen MR) is 65.1 cm³/mol. The van der Waals surface area contributed by atoms with Gasteiger partial charge >= 0.3 is 0 Å². The van der Waals surface area contributed by atoms with Gasteiger partial charge in [-0.3, -0.25) is 0 Å². The summed E-state index contributed by atoms with van der Waals surface area (Å²) in [5, 5.41) is 3.24. The van der Waals surface area contributed by atoms with Gasteiger partial charge in [0.1, 0.15) is 5.82 Å². The SMILES string of the molecule is Fc1ccc2c(c1)Nc1ccccc1C=C2. The Kier molecular flexibility index (Phi) is 2.00. The van der Waals surface area contributed by atoms with Gasteiger partial charge in [0.2, 0.25) is 0 Å². The quantitative estimate of drug-likeness (QED) is 0.591. The molecule has 0 fully saturated rings. The van der Waals surface area contributed by atoms with Crippen LogP contribution in [0.1, 0.15) is 11.1 Å². The molecular formula is C14H10FN. The predicted octanol–water partition coefficient (Wildman–Crippen LogP) is 4.05. The monoisotopic (exact) mass is 211 g/mol. The van der Waals surface area contributed by atoms with Crippen LogP contribution in [0.3, 0.4) is 0 Å². The number of benzene rings is 2. The molecule has 0 unspecified atom stereocenters. The number of hydrogen-bond donors (Lipinski definition) is 1. The van der Waals surface area contributed by atoms with Crippen LogP contribution in [0.25, 0.3) is 12.2 Å². The molecule has 0 saturated carbocycles. The highest BCUT2D eigenvalue weighted by Gasteiger charge is 2.08. The third-order valence-electron chi connectivity index (χ3n) is 2.69. The number of halogens is 1. The summed E-state index contributed by atoms with van der Waals surface area (Å²) in [6.45, 7) is 0. The van der Waals surface area contributed by atoms with Crippen LogP contribution >= 0.6 is 0 Å². The number of anilines is 2. The average Bonchev–Trinajstić information content (AvgIpc) is 2.47. The van der Waals surface area contributed by atoms with Crippen LogP contribution in [0.4, 0.5) is 15.8 Å². The molecule has 1 N–H and O–H groups in total. The van der Waals surface area contributed by atoms with E-state index in [-0.39, 0.29) is 5.82 Å². The summed E-state index contributed by atoms with van der Waals surface area (Å²) in [4.78, 5) is 0. The number of para-hydroxylation sites is 1. The molecule has 0 aliphatic carbocycles. The van der Waals surface area contributed by atoms with E-state index >= 15 is 0 Å². The van der Waals surface area contributed by atoms with Gasteiger partial charge in [-0.25, -0.2) is 4.39 Å². The topological polar surface area (TPSA) is 12.0 Å². The molecule has 3 rings (SSSR count). The number of nitrogens with one attached hydrogen (secondary N) is 1. The van der Waals surface area contributed by atoms with Gasteiger partial charge in [-0.2, -0.15) is 0 Å². The lowest BCUT2D eigenvalue weighted by atomic mass is 10.1. The Morgan fingerprint density at radius 3 is 2.44 bits per heavy atom. The van der Waals surface area contributed by atoms with Gasteiger partial charge < -0.3 is 5.32 Å². The zero-order valence-electron chi connectivity index (χ0n) is 8.57. The van der Waals surface area contributed by atoms with Crippen LogP contribution in [-0.2, 0) is 0 Å². The lowest BCUT2D eigenvalue weighted by Gasteiger charge is -2.09. The van der Waals surface area contributed by atoms with Gasteiger partial charge in [0.25, 0.3) is 0 Å². The third-order valence-corrected chi connectivity index (χ3v) is 2.69. The van der Waals surface area contributed by atoms with E-state index in [9.17, 15) is 4.39 Å². The minimum Gasteiger partial charge on any atom is -0.354 e. The Labute approximate surface area is 93.2 Å². The first kappa shape index (κ1) is 9.16. The molecule has 0 amide bonds. The van der Waals surface area contributed by atoms with E-state index in [4.69, 9.17) is 0 Å². The van der Waals surface area contributed by atoms with E-state index in [1.54, 1.807) is 6.07 Å². The lowest BCUT2D eigenvalue weighted by molar-refractivity contribution is 0.628. The lowest BCUT2D eigenvalue weighted by Crippen LogP contribution is -1.93. The first-order valence-electron chi connectivity index (χ1n) is 5.17.